The molecule has 1 rings (SSSR count). The first kappa shape index (κ1) is 13.1. The van der Waals surface area contributed by atoms with Crippen molar-refractivity contribution < 1.29 is 4.79 Å². The van der Waals surface area contributed by atoms with Crippen LogP contribution in [-0.4, -0.2) is 31.0 Å². The van der Waals surface area contributed by atoms with Crippen LogP contribution in [0.2, 0.25) is 0 Å². The standard InChI is InChI=1S/C11H19N3OS/c1-3-11-14-9(8-16-11)4-7-13-10(15)5-6-12-2/h8,12H,3-7H2,1-2H3,(H,13,15). The van der Waals surface area contributed by atoms with E-state index in [0.29, 0.717) is 13.0 Å². The van der Waals surface area contributed by atoms with Gasteiger partial charge in [0.1, 0.15) is 0 Å². The van der Waals surface area contributed by atoms with Gasteiger partial charge in [-0.05, 0) is 13.5 Å². The summed E-state index contributed by atoms with van der Waals surface area (Å²) in [6.07, 6.45) is 2.34. The molecule has 0 atom stereocenters. The van der Waals surface area contributed by atoms with E-state index >= 15 is 0 Å². The average Bonchev–Trinajstić information content (AvgIpc) is 2.74. The lowest BCUT2D eigenvalue weighted by molar-refractivity contribution is -0.120. The van der Waals surface area contributed by atoms with Gasteiger partial charge in [-0.1, -0.05) is 6.92 Å². The number of nitrogens with zero attached hydrogens (tertiary/aromatic N) is 1. The number of aromatic nitrogens is 1. The molecule has 0 spiro atoms. The lowest BCUT2D eigenvalue weighted by Crippen LogP contribution is -2.28. The van der Waals surface area contributed by atoms with Crippen molar-refractivity contribution in [3.8, 4) is 0 Å². The quantitative estimate of drug-likeness (QED) is 0.748. The van der Waals surface area contributed by atoms with Gasteiger partial charge in [0.2, 0.25) is 5.91 Å². The first-order valence-corrected chi connectivity index (χ1v) is 6.48. The van der Waals surface area contributed by atoms with Crippen LogP contribution in [-0.2, 0) is 17.6 Å². The second-order valence-electron chi connectivity index (χ2n) is 3.54. The van der Waals surface area contributed by atoms with Gasteiger partial charge < -0.3 is 10.6 Å². The van der Waals surface area contributed by atoms with E-state index < -0.39 is 0 Å². The Hall–Kier alpha value is -0.940. The van der Waals surface area contributed by atoms with Gasteiger partial charge in [-0.25, -0.2) is 4.98 Å². The van der Waals surface area contributed by atoms with E-state index in [4.69, 9.17) is 0 Å². The summed E-state index contributed by atoms with van der Waals surface area (Å²) in [5.41, 5.74) is 1.08. The van der Waals surface area contributed by atoms with Crippen LogP contribution >= 0.6 is 11.3 Å². The van der Waals surface area contributed by atoms with E-state index in [1.165, 1.54) is 0 Å². The van der Waals surface area contributed by atoms with Crippen LogP contribution in [0.15, 0.2) is 5.38 Å². The Kier molecular flexibility index (Phi) is 6.03. The first-order chi connectivity index (χ1) is 7.76. The molecule has 0 aliphatic rings. The lowest BCUT2D eigenvalue weighted by Gasteiger charge is -2.03. The zero-order valence-electron chi connectivity index (χ0n) is 9.88. The van der Waals surface area contributed by atoms with Crippen molar-refractivity contribution in [2.75, 3.05) is 20.1 Å². The number of hydrogen-bond acceptors (Lipinski definition) is 4. The van der Waals surface area contributed by atoms with Gasteiger partial charge in [-0.3, -0.25) is 4.79 Å². The van der Waals surface area contributed by atoms with Crippen LogP contribution in [0.5, 0.6) is 0 Å². The monoisotopic (exact) mass is 241 g/mol. The van der Waals surface area contributed by atoms with Gasteiger partial charge in [0.05, 0.1) is 10.7 Å². The lowest BCUT2D eigenvalue weighted by atomic mass is 10.3. The zero-order chi connectivity index (χ0) is 11.8. The van der Waals surface area contributed by atoms with Crippen molar-refractivity contribution in [1.29, 1.82) is 0 Å². The van der Waals surface area contributed by atoms with E-state index in [1.54, 1.807) is 11.3 Å². The molecule has 1 aromatic rings. The summed E-state index contributed by atoms with van der Waals surface area (Å²) in [5.74, 6) is 0.0975. The van der Waals surface area contributed by atoms with Gasteiger partial charge >= 0.3 is 0 Å². The molecular weight excluding hydrogens is 222 g/mol. The second-order valence-corrected chi connectivity index (χ2v) is 4.48. The number of carbonyl (C=O) groups is 1. The van der Waals surface area contributed by atoms with E-state index in [2.05, 4.69) is 27.9 Å². The summed E-state index contributed by atoms with van der Waals surface area (Å²) in [7, 11) is 1.84. The molecule has 2 N–H and O–H groups in total. The molecule has 1 amide bonds. The second kappa shape index (κ2) is 7.35. The maximum atomic E-state index is 11.3. The van der Waals surface area contributed by atoms with E-state index in [1.807, 2.05) is 7.05 Å². The number of aryl methyl sites for hydroxylation is 1. The van der Waals surface area contributed by atoms with Crippen LogP contribution in [0.1, 0.15) is 24.0 Å². The summed E-state index contributed by atoms with van der Waals surface area (Å²) in [6, 6.07) is 0. The molecule has 0 bridgehead atoms. The summed E-state index contributed by atoms with van der Waals surface area (Å²) in [5, 5.41) is 9.06. The van der Waals surface area contributed by atoms with Gasteiger partial charge in [-0.15, -0.1) is 11.3 Å². The van der Waals surface area contributed by atoms with Crippen LogP contribution in [0.25, 0.3) is 0 Å². The number of thiazole rings is 1. The summed E-state index contributed by atoms with van der Waals surface area (Å²) in [6.45, 7) is 3.50. The van der Waals surface area contributed by atoms with Gasteiger partial charge in [0, 0.05) is 31.3 Å². The molecule has 90 valence electrons. The maximum Gasteiger partial charge on any atom is 0.221 e. The number of hydrogen-bond donors (Lipinski definition) is 2. The molecule has 1 heterocycles. The number of carbonyl (C=O) groups excluding carboxylic acids is 1. The highest BCUT2D eigenvalue weighted by Crippen LogP contribution is 2.10. The zero-order valence-corrected chi connectivity index (χ0v) is 10.7. The molecular formula is C11H19N3OS. The molecule has 0 radical (unpaired) electrons. The Morgan fingerprint density at radius 1 is 1.50 bits per heavy atom. The van der Waals surface area contributed by atoms with E-state index in [0.717, 1.165) is 30.1 Å². The Balaban J connectivity index is 2.17. The maximum absolute atomic E-state index is 11.3. The summed E-state index contributed by atoms with van der Waals surface area (Å²) in [4.78, 5) is 15.7. The smallest absolute Gasteiger partial charge is 0.221 e. The number of rotatable bonds is 7. The largest absolute Gasteiger partial charge is 0.356 e. The van der Waals surface area contributed by atoms with Crippen molar-refractivity contribution >= 4 is 17.2 Å². The highest BCUT2D eigenvalue weighted by molar-refractivity contribution is 7.09. The molecule has 16 heavy (non-hydrogen) atoms. The molecule has 0 fully saturated rings. The van der Waals surface area contributed by atoms with E-state index in [-0.39, 0.29) is 5.91 Å². The van der Waals surface area contributed by atoms with Crippen molar-refractivity contribution in [1.82, 2.24) is 15.6 Å². The molecule has 4 nitrogen and oxygen atoms in total. The molecule has 1 aromatic heterocycles. The third-order valence-electron chi connectivity index (χ3n) is 2.21. The third-order valence-corrected chi connectivity index (χ3v) is 3.25. The van der Waals surface area contributed by atoms with Gasteiger partial charge in [0.15, 0.2) is 0 Å². The fourth-order valence-electron chi connectivity index (χ4n) is 1.28. The van der Waals surface area contributed by atoms with Crippen molar-refractivity contribution in [2.24, 2.45) is 0 Å². The summed E-state index contributed by atoms with van der Waals surface area (Å²) < 4.78 is 0. The van der Waals surface area contributed by atoms with Crippen molar-refractivity contribution in [2.45, 2.75) is 26.2 Å². The molecule has 0 unspecified atom stereocenters. The highest BCUT2D eigenvalue weighted by atomic mass is 32.1. The van der Waals surface area contributed by atoms with Crippen LogP contribution < -0.4 is 10.6 Å². The molecule has 0 aromatic carbocycles. The van der Waals surface area contributed by atoms with Gasteiger partial charge in [-0.2, -0.15) is 0 Å². The molecule has 0 aliphatic heterocycles. The average molecular weight is 241 g/mol. The van der Waals surface area contributed by atoms with Crippen LogP contribution in [0, 0.1) is 0 Å². The fraction of sp³-hybridized carbons (Fsp3) is 0.636. The van der Waals surface area contributed by atoms with Crippen LogP contribution in [0.4, 0.5) is 0 Å². The normalized spacial score (nSPS) is 10.4. The first-order valence-electron chi connectivity index (χ1n) is 5.60. The van der Waals surface area contributed by atoms with Crippen molar-refractivity contribution in [3.05, 3.63) is 16.1 Å². The number of nitrogens with one attached hydrogen (secondary N) is 2. The molecule has 5 heteroatoms. The Morgan fingerprint density at radius 2 is 2.31 bits per heavy atom. The number of amides is 1. The molecule has 0 aliphatic carbocycles. The third kappa shape index (κ3) is 4.72. The minimum atomic E-state index is 0.0975. The molecule has 0 saturated carbocycles. The Bertz CT molecular complexity index is 325. The highest BCUT2D eigenvalue weighted by Gasteiger charge is 2.02. The van der Waals surface area contributed by atoms with Crippen molar-refractivity contribution in [3.63, 3.8) is 0 Å². The van der Waals surface area contributed by atoms with E-state index in [9.17, 15) is 4.79 Å². The minimum absolute atomic E-state index is 0.0975. The SMILES string of the molecule is CCc1nc(CCNC(=O)CCNC)cs1. The predicted molar refractivity (Wildman–Crippen MR) is 66.7 cm³/mol. The minimum Gasteiger partial charge on any atom is -0.356 e. The topological polar surface area (TPSA) is 54.0 Å². The van der Waals surface area contributed by atoms with Gasteiger partial charge in [0.25, 0.3) is 0 Å². The Morgan fingerprint density at radius 3 is 2.94 bits per heavy atom. The fourth-order valence-corrected chi connectivity index (χ4v) is 2.06. The predicted octanol–water partition coefficient (Wildman–Crippen LogP) is 0.974. The van der Waals surface area contributed by atoms with Crippen LogP contribution in [0.3, 0.4) is 0 Å². The summed E-state index contributed by atoms with van der Waals surface area (Å²) >= 11 is 1.69. The Labute approximate surface area is 100 Å². The molecule has 0 saturated heterocycles.